The predicted octanol–water partition coefficient (Wildman–Crippen LogP) is 3.19. The van der Waals surface area contributed by atoms with Crippen molar-refractivity contribution in [2.45, 2.75) is 33.8 Å². The lowest BCUT2D eigenvalue weighted by Crippen LogP contribution is -2.26. The number of nitro groups is 1. The van der Waals surface area contributed by atoms with E-state index in [0.717, 1.165) is 13.1 Å². The fourth-order valence-electron chi connectivity index (χ4n) is 1.75. The van der Waals surface area contributed by atoms with Crippen molar-refractivity contribution >= 4 is 22.0 Å². The van der Waals surface area contributed by atoms with E-state index in [9.17, 15) is 15.2 Å². The predicted molar refractivity (Wildman–Crippen MR) is 74.3 cm³/mol. The van der Waals surface area contributed by atoms with E-state index in [1.54, 1.807) is 6.92 Å². The van der Waals surface area contributed by atoms with E-state index in [0.29, 0.717) is 15.8 Å². The van der Waals surface area contributed by atoms with Gasteiger partial charge < -0.3 is 10.0 Å². The smallest absolute Gasteiger partial charge is 0.304 e. The van der Waals surface area contributed by atoms with Crippen molar-refractivity contribution in [2.75, 3.05) is 18.0 Å². The number of thiophene rings is 1. The van der Waals surface area contributed by atoms with Gasteiger partial charge in [0.1, 0.15) is 0 Å². The van der Waals surface area contributed by atoms with Crippen molar-refractivity contribution in [2.24, 2.45) is 5.92 Å². The first-order valence-corrected chi connectivity index (χ1v) is 6.89. The monoisotopic (exact) mass is 272 g/mol. The minimum atomic E-state index is -0.666. The van der Waals surface area contributed by atoms with Gasteiger partial charge in [0.05, 0.1) is 11.0 Å². The molecular weight excluding hydrogens is 252 g/mol. The standard InChI is InChI=1S/C12H20N2O3S/c1-5-13(7-8(2)3)12-10(14(16)17)6-11(18-12)9(4)15/h6,8-9,15H,5,7H2,1-4H3. The van der Waals surface area contributed by atoms with Gasteiger partial charge in [0.2, 0.25) is 0 Å². The Hall–Kier alpha value is -1.14. The van der Waals surface area contributed by atoms with Gasteiger partial charge in [-0.3, -0.25) is 10.1 Å². The van der Waals surface area contributed by atoms with Crippen LogP contribution >= 0.6 is 11.3 Å². The van der Waals surface area contributed by atoms with Crippen LogP contribution in [-0.4, -0.2) is 23.1 Å². The maximum absolute atomic E-state index is 11.1. The van der Waals surface area contributed by atoms with Crippen LogP contribution in [0.5, 0.6) is 0 Å². The van der Waals surface area contributed by atoms with Crippen LogP contribution in [0, 0.1) is 16.0 Å². The number of anilines is 1. The van der Waals surface area contributed by atoms with Crippen molar-refractivity contribution in [1.29, 1.82) is 0 Å². The van der Waals surface area contributed by atoms with Gasteiger partial charge in [0.15, 0.2) is 5.00 Å². The van der Waals surface area contributed by atoms with E-state index < -0.39 is 6.10 Å². The second kappa shape index (κ2) is 6.15. The molecule has 0 radical (unpaired) electrons. The van der Waals surface area contributed by atoms with Gasteiger partial charge in [-0.15, -0.1) is 11.3 Å². The summed E-state index contributed by atoms with van der Waals surface area (Å²) in [5, 5.41) is 21.3. The quantitative estimate of drug-likeness (QED) is 0.638. The largest absolute Gasteiger partial charge is 0.388 e. The SMILES string of the molecule is CCN(CC(C)C)c1sc(C(C)O)cc1[N+](=O)[O-]. The lowest BCUT2D eigenvalue weighted by molar-refractivity contribution is -0.383. The highest BCUT2D eigenvalue weighted by Gasteiger charge is 2.25. The first-order chi connectivity index (χ1) is 8.36. The molecule has 0 saturated carbocycles. The van der Waals surface area contributed by atoms with E-state index in [4.69, 9.17) is 0 Å². The molecule has 0 saturated heterocycles. The van der Waals surface area contributed by atoms with Crippen molar-refractivity contribution < 1.29 is 10.0 Å². The van der Waals surface area contributed by atoms with E-state index >= 15 is 0 Å². The van der Waals surface area contributed by atoms with E-state index in [2.05, 4.69) is 13.8 Å². The minimum absolute atomic E-state index is 0.0957. The zero-order valence-corrected chi connectivity index (χ0v) is 12.0. The summed E-state index contributed by atoms with van der Waals surface area (Å²) in [7, 11) is 0. The summed E-state index contributed by atoms with van der Waals surface area (Å²) in [5.41, 5.74) is 0.0957. The van der Waals surface area contributed by atoms with Crippen LogP contribution in [-0.2, 0) is 0 Å². The summed E-state index contributed by atoms with van der Waals surface area (Å²) >= 11 is 1.30. The number of hydrogen-bond acceptors (Lipinski definition) is 5. The first-order valence-electron chi connectivity index (χ1n) is 6.07. The molecule has 0 bridgehead atoms. The summed E-state index contributed by atoms with van der Waals surface area (Å²) in [6.45, 7) is 9.26. The Morgan fingerprint density at radius 2 is 2.11 bits per heavy atom. The maximum Gasteiger partial charge on any atom is 0.304 e. The molecule has 1 unspecified atom stereocenters. The zero-order chi connectivity index (χ0) is 13.9. The lowest BCUT2D eigenvalue weighted by atomic mass is 10.2. The molecule has 1 atom stereocenters. The highest BCUT2D eigenvalue weighted by atomic mass is 32.1. The normalized spacial score (nSPS) is 12.8. The fraction of sp³-hybridized carbons (Fsp3) is 0.667. The van der Waals surface area contributed by atoms with Gasteiger partial charge in [0, 0.05) is 24.0 Å². The van der Waals surface area contributed by atoms with E-state index in [-0.39, 0.29) is 10.6 Å². The van der Waals surface area contributed by atoms with Crippen LogP contribution < -0.4 is 4.90 Å². The lowest BCUT2D eigenvalue weighted by Gasteiger charge is -2.22. The molecule has 0 aliphatic heterocycles. The third-order valence-corrected chi connectivity index (χ3v) is 3.93. The molecule has 18 heavy (non-hydrogen) atoms. The van der Waals surface area contributed by atoms with Gasteiger partial charge in [-0.25, -0.2) is 0 Å². The Morgan fingerprint density at radius 1 is 1.50 bits per heavy atom. The van der Waals surface area contributed by atoms with Crippen molar-refractivity contribution in [3.05, 3.63) is 21.1 Å². The second-order valence-corrected chi connectivity index (χ2v) is 5.77. The molecular formula is C12H20N2O3S. The second-order valence-electron chi connectivity index (χ2n) is 4.70. The highest BCUT2D eigenvalue weighted by Crippen LogP contribution is 2.40. The molecule has 0 fully saturated rings. The van der Waals surface area contributed by atoms with Crippen molar-refractivity contribution in [3.63, 3.8) is 0 Å². The number of aliphatic hydroxyl groups is 1. The van der Waals surface area contributed by atoms with Gasteiger partial charge >= 0.3 is 5.69 Å². The summed E-state index contributed by atoms with van der Waals surface area (Å²) < 4.78 is 0. The van der Waals surface area contributed by atoms with E-state index in [1.165, 1.54) is 17.4 Å². The number of nitrogens with zero attached hydrogens (tertiary/aromatic N) is 2. The average molecular weight is 272 g/mol. The Balaban J connectivity index is 3.14. The topological polar surface area (TPSA) is 66.6 Å². The van der Waals surface area contributed by atoms with Crippen LogP contribution in [0.4, 0.5) is 10.7 Å². The summed E-state index contributed by atoms with van der Waals surface area (Å²) in [4.78, 5) is 13.3. The molecule has 1 aromatic rings. The summed E-state index contributed by atoms with van der Waals surface area (Å²) in [6, 6.07) is 1.48. The third kappa shape index (κ3) is 3.43. The minimum Gasteiger partial charge on any atom is -0.388 e. The van der Waals surface area contributed by atoms with Crippen LogP contribution in [0.15, 0.2) is 6.07 Å². The number of aliphatic hydroxyl groups excluding tert-OH is 1. The third-order valence-electron chi connectivity index (χ3n) is 2.58. The average Bonchev–Trinajstić information content (AvgIpc) is 2.70. The zero-order valence-electron chi connectivity index (χ0n) is 11.2. The molecule has 0 amide bonds. The number of hydrogen-bond donors (Lipinski definition) is 1. The molecule has 0 spiro atoms. The highest BCUT2D eigenvalue weighted by molar-refractivity contribution is 7.16. The van der Waals surface area contributed by atoms with Crippen molar-refractivity contribution in [3.8, 4) is 0 Å². The number of rotatable bonds is 6. The fourth-order valence-corrected chi connectivity index (χ4v) is 2.88. The van der Waals surface area contributed by atoms with E-state index in [1.807, 2.05) is 11.8 Å². The van der Waals surface area contributed by atoms with Crippen LogP contribution in [0.1, 0.15) is 38.7 Å². The van der Waals surface area contributed by atoms with Gasteiger partial charge in [-0.2, -0.15) is 0 Å². The molecule has 102 valence electrons. The molecule has 1 N–H and O–H groups in total. The molecule has 5 nitrogen and oxygen atoms in total. The Labute approximate surface area is 111 Å². The van der Waals surface area contributed by atoms with Gasteiger partial charge in [0.25, 0.3) is 0 Å². The maximum atomic E-state index is 11.1. The van der Waals surface area contributed by atoms with Crippen LogP contribution in [0.2, 0.25) is 0 Å². The van der Waals surface area contributed by atoms with Gasteiger partial charge in [-0.05, 0) is 19.8 Å². The summed E-state index contributed by atoms with van der Waals surface area (Å²) in [5.74, 6) is 0.432. The molecule has 0 aliphatic carbocycles. The molecule has 1 heterocycles. The summed E-state index contributed by atoms with van der Waals surface area (Å²) in [6.07, 6.45) is -0.666. The molecule has 1 rings (SSSR count). The molecule has 6 heteroatoms. The van der Waals surface area contributed by atoms with Crippen LogP contribution in [0.3, 0.4) is 0 Å². The van der Waals surface area contributed by atoms with Crippen LogP contribution in [0.25, 0.3) is 0 Å². The molecule has 1 aromatic heterocycles. The molecule has 0 aromatic carbocycles. The van der Waals surface area contributed by atoms with Crippen molar-refractivity contribution in [1.82, 2.24) is 0 Å². The Morgan fingerprint density at radius 3 is 2.50 bits per heavy atom. The Bertz CT molecular complexity index is 415. The first kappa shape index (κ1) is 14.9. The molecule has 0 aliphatic rings. The Kier molecular flexibility index (Phi) is 5.10. The van der Waals surface area contributed by atoms with Gasteiger partial charge in [-0.1, -0.05) is 13.8 Å².